The molecule has 0 spiro atoms. The molecule has 168 valence electrons. The number of amides is 1. The number of carbonyl (C=O) groups is 1. The fraction of sp³-hybridized carbons (Fsp3) is 0.650. The predicted molar refractivity (Wildman–Crippen MR) is 107 cm³/mol. The summed E-state index contributed by atoms with van der Waals surface area (Å²) >= 11 is 0. The summed E-state index contributed by atoms with van der Waals surface area (Å²) in [5.74, 6) is -0.426. The zero-order valence-corrected chi connectivity index (χ0v) is 18.6. The Hall–Kier alpha value is -1.94. The summed E-state index contributed by atoms with van der Waals surface area (Å²) < 4.78 is 60.3. The average Bonchev–Trinajstić information content (AvgIpc) is 2.74. The smallest absolute Gasteiger partial charge is 0.444 e. The van der Waals surface area contributed by atoms with E-state index in [0.717, 1.165) is 0 Å². The molecule has 0 radical (unpaired) electrons. The van der Waals surface area contributed by atoms with Gasteiger partial charge in [0.2, 0.25) is 0 Å². The van der Waals surface area contributed by atoms with Crippen LogP contribution in [0.3, 0.4) is 0 Å². The largest absolute Gasteiger partial charge is 0.573 e. The minimum Gasteiger partial charge on any atom is -0.444 e. The third kappa shape index (κ3) is 6.04. The van der Waals surface area contributed by atoms with Crippen LogP contribution in [0.2, 0.25) is 0 Å². The van der Waals surface area contributed by atoms with Crippen molar-refractivity contribution in [2.75, 3.05) is 7.05 Å². The third-order valence-corrected chi connectivity index (χ3v) is 4.96. The van der Waals surface area contributed by atoms with Gasteiger partial charge >= 0.3 is 19.6 Å². The highest BCUT2D eigenvalue weighted by molar-refractivity contribution is 6.62. The van der Waals surface area contributed by atoms with Crippen LogP contribution in [0.4, 0.5) is 18.0 Å². The molecule has 1 fully saturated rings. The van der Waals surface area contributed by atoms with Crippen molar-refractivity contribution in [3.8, 4) is 5.75 Å². The summed E-state index contributed by atoms with van der Waals surface area (Å²) in [4.78, 5) is 13.4. The molecule has 0 saturated carbocycles. The molecule has 0 bridgehead atoms. The highest BCUT2D eigenvalue weighted by Gasteiger charge is 2.52. The molecule has 2 rings (SSSR count). The lowest BCUT2D eigenvalue weighted by Crippen LogP contribution is -2.41. The normalized spacial score (nSPS) is 18.3. The first-order valence-electron chi connectivity index (χ1n) is 9.58. The van der Waals surface area contributed by atoms with Crippen LogP contribution in [0, 0.1) is 0 Å². The first-order valence-corrected chi connectivity index (χ1v) is 9.58. The molecule has 1 aromatic carbocycles. The number of hydrogen-bond donors (Lipinski definition) is 0. The Morgan fingerprint density at radius 1 is 1.10 bits per heavy atom. The maximum Gasteiger partial charge on any atom is 0.573 e. The summed E-state index contributed by atoms with van der Waals surface area (Å²) in [5, 5.41) is 0. The Balaban J connectivity index is 2.30. The number of rotatable bonds is 4. The van der Waals surface area contributed by atoms with Crippen molar-refractivity contribution in [3.05, 3.63) is 23.8 Å². The molecule has 10 heteroatoms. The van der Waals surface area contributed by atoms with Crippen molar-refractivity contribution >= 4 is 18.7 Å². The van der Waals surface area contributed by atoms with E-state index in [4.69, 9.17) is 14.0 Å². The Labute approximate surface area is 175 Å². The summed E-state index contributed by atoms with van der Waals surface area (Å²) in [6.07, 6.45) is -5.55. The molecule has 1 saturated heterocycles. The van der Waals surface area contributed by atoms with Crippen LogP contribution < -0.4 is 10.2 Å². The Kier molecular flexibility index (Phi) is 6.46. The Bertz CT molecular complexity index is 774. The van der Waals surface area contributed by atoms with Gasteiger partial charge in [-0.3, -0.25) is 0 Å². The Morgan fingerprint density at radius 3 is 2.10 bits per heavy atom. The van der Waals surface area contributed by atoms with Crippen LogP contribution in [0.1, 0.15) is 54.0 Å². The molecule has 1 heterocycles. The SMILES string of the molecule is CN(Cc1ccc(B2OC(C)(C)C(C)(C)O2)cc1OC(F)(F)F)C(=O)OC(C)(C)C. The van der Waals surface area contributed by atoms with Gasteiger partial charge in [0.05, 0.1) is 17.7 Å². The molecule has 1 aliphatic rings. The molecule has 0 aromatic heterocycles. The molecule has 0 N–H and O–H groups in total. The predicted octanol–water partition coefficient (Wildman–Crippen LogP) is 4.25. The number of halogens is 3. The molecule has 1 amide bonds. The van der Waals surface area contributed by atoms with E-state index in [2.05, 4.69) is 4.74 Å². The van der Waals surface area contributed by atoms with Gasteiger partial charge in [0.15, 0.2) is 0 Å². The first-order chi connectivity index (χ1) is 13.4. The van der Waals surface area contributed by atoms with Crippen molar-refractivity contribution in [1.82, 2.24) is 4.90 Å². The fourth-order valence-electron chi connectivity index (χ4n) is 2.71. The average molecular weight is 431 g/mol. The summed E-state index contributed by atoms with van der Waals surface area (Å²) in [6.45, 7) is 12.4. The van der Waals surface area contributed by atoms with Gasteiger partial charge in [-0.15, -0.1) is 13.2 Å². The van der Waals surface area contributed by atoms with Crippen LogP contribution >= 0.6 is 0 Å². The van der Waals surface area contributed by atoms with Crippen LogP contribution in [0.5, 0.6) is 5.75 Å². The summed E-state index contributed by atoms with van der Waals surface area (Å²) in [7, 11) is 0.594. The highest BCUT2D eigenvalue weighted by Crippen LogP contribution is 2.37. The second-order valence-corrected chi connectivity index (χ2v) is 9.34. The van der Waals surface area contributed by atoms with Gasteiger partial charge < -0.3 is 23.7 Å². The zero-order valence-electron chi connectivity index (χ0n) is 18.6. The van der Waals surface area contributed by atoms with Crippen molar-refractivity contribution in [2.45, 2.75) is 78.2 Å². The van der Waals surface area contributed by atoms with Gasteiger partial charge in [-0.05, 0) is 60.0 Å². The monoisotopic (exact) mass is 431 g/mol. The van der Waals surface area contributed by atoms with Crippen molar-refractivity contribution in [3.63, 3.8) is 0 Å². The molecule has 1 aromatic rings. The lowest BCUT2D eigenvalue weighted by atomic mass is 9.78. The third-order valence-electron chi connectivity index (χ3n) is 4.96. The van der Waals surface area contributed by atoms with Gasteiger partial charge in [-0.1, -0.05) is 12.1 Å². The molecule has 0 aliphatic carbocycles. The van der Waals surface area contributed by atoms with Crippen LogP contribution in [0.25, 0.3) is 0 Å². The number of benzene rings is 1. The molecule has 30 heavy (non-hydrogen) atoms. The molecule has 6 nitrogen and oxygen atoms in total. The van der Waals surface area contributed by atoms with Gasteiger partial charge in [0, 0.05) is 12.6 Å². The van der Waals surface area contributed by atoms with E-state index in [9.17, 15) is 18.0 Å². The van der Waals surface area contributed by atoms with Crippen LogP contribution in [-0.4, -0.2) is 48.3 Å². The summed E-state index contributed by atoms with van der Waals surface area (Å²) in [5.41, 5.74) is -1.45. The molecule has 0 unspecified atom stereocenters. The molecular formula is C20H29BF3NO5. The second-order valence-electron chi connectivity index (χ2n) is 9.34. The number of ether oxygens (including phenoxy) is 2. The van der Waals surface area contributed by atoms with Gasteiger partial charge in [0.25, 0.3) is 0 Å². The zero-order chi connectivity index (χ0) is 23.1. The van der Waals surface area contributed by atoms with Gasteiger partial charge in [-0.25, -0.2) is 4.79 Å². The number of alkyl halides is 3. The minimum atomic E-state index is -4.90. The van der Waals surface area contributed by atoms with E-state index in [-0.39, 0.29) is 12.1 Å². The number of hydrogen-bond acceptors (Lipinski definition) is 5. The van der Waals surface area contributed by atoms with E-state index < -0.39 is 42.1 Å². The molecule has 1 aliphatic heterocycles. The minimum absolute atomic E-state index is 0.135. The highest BCUT2D eigenvalue weighted by atomic mass is 19.4. The summed E-state index contributed by atoms with van der Waals surface area (Å²) in [6, 6.07) is 4.29. The maximum atomic E-state index is 13.0. The lowest BCUT2D eigenvalue weighted by molar-refractivity contribution is -0.274. The van der Waals surface area contributed by atoms with E-state index in [1.807, 2.05) is 27.7 Å². The second kappa shape index (κ2) is 7.96. The van der Waals surface area contributed by atoms with Crippen molar-refractivity contribution < 1.29 is 36.7 Å². The number of nitrogens with zero attached hydrogens (tertiary/aromatic N) is 1. The molecular weight excluding hydrogens is 402 g/mol. The van der Waals surface area contributed by atoms with Gasteiger partial charge in [0.1, 0.15) is 11.4 Å². The topological polar surface area (TPSA) is 57.2 Å². The van der Waals surface area contributed by atoms with Gasteiger partial charge in [-0.2, -0.15) is 0 Å². The van der Waals surface area contributed by atoms with E-state index in [0.29, 0.717) is 5.46 Å². The van der Waals surface area contributed by atoms with E-state index in [1.54, 1.807) is 26.8 Å². The standard InChI is InChI=1S/C20H29BF3NO5/c1-17(2,3)28-16(26)25(8)12-13-9-10-14(11-15(13)27-20(22,23)24)21-29-18(4,5)19(6,7)30-21/h9-11H,12H2,1-8H3. The first kappa shape index (κ1) is 24.3. The Morgan fingerprint density at radius 2 is 1.63 bits per heavy atom. The fourth-order valence-corrected chi connectivity index (χ4v) is 2.71. The van der Waals surface area contributed by atoms with Crippen molar-refractivity contribution in [2.24, 2.45) is 0 Å². The van der Waals surface area contributed by atoms with Crippen molar-refractivity contribution in [1.29, 1.82) is 0 Å². The van der Waals surface area contributed by atoms with Crippen LogP contribution in [0.15, 0.2) is 18.2 Å². The quantitative estimate of drug-likeness (QED) is 0.668. The van der Waals surface area contributed by atoms with E-state index >= 15 is 0 Å². The maximum absolute atomic E-state index is 13.0. The van der Waals surface area contributed by atoms with Crippen LogP contribution in [-0.2, 0) is 20.6 Å². The molecule has 0 atom stereocenters. The number of carbonyl (C=O) groups excluding carboxylic acids is 1. The lowest BCUT2D eigenvalue weighted by Gasteiger charge is -2.32. The van der Waals surface area contributed by atoms with E-state index in [1.165, 1.54) is 24.1 Å².